The molecule has 1 aromatic heterocycles. The first kappa shape index (κ1) is 16.0. The SMILES string of the molecule is CCNCc1cccc(N(CC)CC(CC)CC)n1. The minimum Gasteiger partial charge on any atom is -0.357 e. The Morgan fingerprint density at radius 2 is 1.89 bits per heavy atom. The minimum atomic E-state index is 0.763. The maximum Gasteiger partial charge on any atom is 0.128 e. The number of aromatic nitrogens is 1. The summed E-state index contributed by atoms with van der Waals surface area (Å²) in [5.41, 5.74) is 1.13. The Hall–Kier alpha value is -1.09. The van der Waals surface area contributed by atoms with E-state index >= 15 is 0 Å². The average Bonchev–Trinajstić information content (AvgIpc) is 2.47. The number of nitrogens with one attached hydrogen (secondary N) is 1. The first-order chi connectivity index (χ1) is 9.24. The molecule has 0 atom stereocenters. The molecule has 0 aromatic carbocycles. The van der Waals surface area contributed by atoms with Gasteiger partial charge in [-0.1, -0.05) is 39.7 Å². The van der Waals surface area contributed by atoms with Gasteiger partial charge in [-0.05, 0) is 31.5 Å². The lowest BCUT2D eigenvalue weighted by atomic mass is 10.0. The van der Waals surface area contributed by atoms with Crippen molar-refractivity contribution in [1.82, 2.24) is 10.3 Å². The molecule has 1 heterocycles. The second kappa shape index (κ2) is 8.92. The molecule has 1 rings (SSSR count). The third-order valence-corrected chi connectivity index (χ3v) is 3.69. The van der Waals surface area contributed by atoms with E-state index in [1.54, 1.807) is 0 Å². The van der Waals surface area contributed by atoms with E-state index in [-0.39, 0.29) is 0 Å². The van der Waals surface area contributed by atoms with Gasteiger partial charge in [-0.2, -0.15) is 0 Å². The van der Waals surface area contributed by atoms with Crippen LogP contribution in [0.15, 0.2) is 18.2 Å². The van der Waals surface area contributed by atoms with Crippen LogP contribution in [0.1, 0.15) is 46.2 Å². The van der Waals surface area contributed by atoms with E-state index in [1.807, 2.05) is 0 Å². The molecule has 0 saturated heterocycles. The quantitative estimate of drug-likeness (QED) is 0.739. The van der Waals surface area contributed by atoms with Crippen LogP contribution in [0, 0.1) is 5.92 Å². The van der Waals surface area contributed by atoms with E-state index < -0.39 is 0 Å². The van der Waals surface area contributed by atoms with Gasteiger partial charge in [-0.3, -0.25) is 0 Å². The topological polar surface area (TPSA) is 28.2 Å². The van der Waals surface area contributed by atoms with Crippen LogP contribution < -0.4 is 10.2 Å². The summed E-state index contributed by atoms with van der Waals surface area (Å²) in [6.07, 6.45) is 2.48. The minimum absolute atomic E-state index is 0.763. The number of pyridine rings is 1. The maximum absolute atomic E-state index is 4.77. The number of hydrogen-bond acceptors (Lipinski definition) is 3. The van der Waals surface area contributed by atoms with Crippen LogP contribution >= 0.6 is 0 Å². The lowest BCUT2D eigenvalue weighted by molar-refractivity contribution is 0.484. The Bertz CT molecular complexity index is 348. The molecule has 0 aliphatic heterocycles. The molecule has 3 nitrogen and oxygen atoms in total. The van der Waals surface area contributed by atoms with Gasteiger partial charge >= 0.3 is 0 Å². The molecule has 0 aliphatic rings. The van der Waals surface area contributed by atoms with Gasteiger partial charge in [0.1, 0.15) is 5.82 Å². The van der Waals surface area contributed by atoms with Gasteiger partial charge < -0.3 is 10.2 Å². The summed E-state index contributed by atoms with van der Waals surface area (Å²) in [5.74, 6) is 1.88. The first-order valence-electron chi connectivity index (χ1n) is 7.66. The van der Waals surface area contributed by atoms with Crippen LogP contribution in [0.5, 0.6) is 0 Å². The zero-order valence-electron chi connectivity index (χ0n) is 12.9. The average molecular weight is 263 g/mol. The van der Waals surface area contributed by atoms with E-state index in [4.69, 9.17) is 4.98 Å². The third kappa shape index (κ3) is 5.19. The van der Waals surface area contributed by atoms with Crippen molar-refractivity contribution in [3.05, 3.63) is 23.9 Å². The summed E-state index contributed by atoms with van der Waals surface area (Å²) in [7, 11) is 0. The Balaban J connectivity index is 2.74. The Morgan fingerprint density at radius 1 is 1.16 bits per heavy atom. The zero-order valence-corrected chi connectivity index (χ0v) is 12.9. The second-order valence-electron chi connectivity index (χ2n) is 4.99. The first-order valence-corrected chi connectivity index (χ1v) is 7.66. The fourth-order valence-electron chi connectivity index (χ4n) is 2.24. The van der Waals surface area contributed by atoms with Gasteiger partial charge in [0.05, 0.1) is 5.69 Å². The van der Waals surface area contributed by atoms with Crippen molar-refractivity contribution >= 4 is 5.82 Å². The highest BCUT2D eigenvalue weighted by Crippen LogP contribution is 2.16. The predicted octanol–water partition coefficient (Wildman–Crippen LogP) is 3.45. The number of rotatable bonds is 9. The molecule has 0 fully saturated rings. The van der Waals surface area contributed by atoms with Crippen LogP contribution in [-0.4, -0.2) is 24.6 Å². The summed E-state index contributed by atoms with van der Waals surface area (Å²) in [6.45, 7) is 12.9. The lowest BCUT2D eigenvalue weighted by Gasteiger charge is -2.26. The number of anilines is 1. The Kier molecular flexibility index (Phi) is 7.49. The molecule has 0 radical (unpaired) electrons. The normalized spacial score (nSPS) is 11.0. The predicted molar refractivity (Wildman–Crippen MR) is 83.6 cm³/mol. The van der Waals surface area contributed by atoms with Crippen molar-refractivity contribution in [3.63, 3.8) is 0 Å². The van der Waals surface area contributed by atoms with Gasteiger partial charge in [0.25, 0.3) is 0 Å². The fourth-order valence-corrected chi connectivity index (χ4v) is 2.24. The van der Waals surface area contributed by atoms with Gasteiger partial charge in [-0.15, -0.1) is 0 Å². The molecule has 0 bridgehead atoms. The van der Waals surface area contributed by atoms with Crippen LogP contribution in [0.3, 0.4) is 0 Å². The van der Waals surface area contributed by atoms with Crippen LogP contribution in [0.4, 0.5) is 5.82 Å². The smallest absolute Gasteiger partial charge is 0.128 e. The summed E-state index contributed by atoms with van der Waals surface area (Å²) in [5, 5.41) is 3.33. The van der Waals surface area contributed by atoms with E-state index in [9.17, 15) is 0 Å². The molecule has 0 saturated carbocycles. The van der Waals surface area contributed by atoms with Gasteiger partial charge in [0, 0.05) is 19.6 Å². The van der Waals surface area contributed by atoms with Crippen molar-refractivity contribution in [2.24, 2.45) is 5.92 Å². The molecule has 1 aromatic rings. The molecule has 3 heteroatoms. The highest BCUT2D eigenvalue weighted by molar-refractivity contribution is 5.39. The molecule has 108 valence electrons. The van der Waals surface area contributed by atoms with Gasteiger partial charge in [-0.25, -0.2) is 4.98 Å². The van der Waals surface area contributed by atoms with Crippen molar-refractivity contribution in [2.45, 2.75) is 47.1 Å². The van der Waals surface area contributed by atoms with Crippen molar-refractivity contribution in [1.29, 1.82) is 0 Å². The summed E-state index contributed by atoms with van der Waals surface area (Å²) < 4.78 is 0. The summed E-state index contributed by atoms with van der Waals surface area (Å²) in [6, 6.07) is 6.34. The van der Waals surface area contributed by atoms with E-state index in [1.165, 1.54) is 12.8 Å². The van der Waals surface area contributed by atoms with E-state index in [0.717, 1.165) is 43.6 Å². The second-order valence-corrected chi connectivity index (χ2v) is 4.99. The van der Waals surface area contributed by atoms with Gasteiger partial charge in [0.15, 0.2) is 0 Å². The molecule has 0 unspecified atom stereocenters. The van der Waals surface area contributed by atoms with Crippen LogP contribution in [-0.2, 0) is 6.54 Å². The maximum atomic E-state index is 4.77. The number of nitrogens with zero attached hydrogens (tertiary/aromatic N) is 2. The Labute approximate surface area is 118 Å². The third-order valence-electron chi connectivity index (χ3n) is 3.69. The van der Waals surface area contributed by atoms with E-state index in [2.05, 4.69) is 56.1 Å². The van der Waals surface area contributed by atoms with Gasteiger partial charge in [0.2, 0.25) is 0 Å². The molecule has 1 N–H and O–H groups in total. The molecular formula is C16H29N3. The zero-order chi connectivity index (χ0) is 14.1. The van der Waals surface area contributed by atoms with Crippen molar-refractivity contribution in [2.75, 3.05) is 24.5 Å². The van der Waals surface area contributed by atoms with Crippen LogP contribution in [0.25, 0.3) is 0 Å². The molecule has 0 aliphatic carbocycles. The standard InChI is InChI=1S/C16H29N3/c1-5-14(6-2)13-19(8-4)16-11-9-10-15(18-16)12-17-7-3/h9-11,14,17H,5-8,12-13H2,1-4H3. The summed E-state index contributed by atoms with van der Waals surface area (Å²) in [4.78, 5) is 7.16. The monoisotopic (exact) mass is 263 g/mol. The fraction of sp³-hybridized carbons (Fsp3) is 0.688. The lowest BCUT2D eigenvalue weighted by Crippen LogP contribution is -2.30. The highest BCUT2D eigenvalue weighted by atomic mass is 15.2. The molecule has 0 amide bonds. The molecular weight excluding hydrogens is 234 g/mol. The molecule has 0 spiro atoms. The summed E-state index contributed by atoms with van der Waals surface area (Å²) >= 11 is 0. The number of hydrogen-bond donors (Lipinski definition) is 1. The highest BCUT2D eigenvalue weighted by Gasteiger charge is 2.11. The largest absolute Gasteiger partial charge is 0.357 e. The van der Waals surface area contributed by atoms with Crippen LogP contribution in [0.2, 0.25) is 0 Å². The van der Waals surface area contributed by atoms with E-state index in [0.29, 0.717) is 0 Å². The molecule has 19 heavy (non-hydrogen) atoms. The van der Waals surface area contributed by atoms with Crippen molar-refractivity contribution < 1.29 is 0 Å². The van der Waals surface area contributed by atoms with Crippen molar-refractivity contribution in [3.8, 4) is 0 Å². The Morgan fingerprint density at radius 3 is 2.47 bits per heavy atom.